The third-order valence-corrected chi connectivity index (χ3v) is 30.5. The molecule has 16 aromatic carbocycles. The van der Waals surface area contributed by atoms with E-state index in [1.807, 2.05) is 275 Å². The van der Waals surface area contributed by atoms with E-state index in [2.05, 4.69) is 365 Å². The maximum absolute atomic E-state index is 13.6. The van der Waals surface area contributed by atoms with Gasteiger partial charge < -0.3 is 28.9 Å². The van der Waals surface area contributed by atoms with Crippen LogP contribution in [0.3, 0.4) is 0 Å². The van der Waals surface area contributed by atoms with Crippen LogP contribution in [0.15, 0.2) is 459 Å². The number of para-hydroxylation sites is 11. The number of ether oxygens (including phenoxy) is 1. The largest absolute Gasteiger partial charge is 0.453 e. The first-order chi connectivity index (χ1) is 71.8. The second kappa shape index (κ2) is 46.3. The molecule has 22 rings (SSSR count). The highest BCUT2D eigenvalue weighted by Gasteiger charge is 2.41. The Morgan fingerprint density at radius 3 is 0.820 bits per heavy atom. The molecule has 0 unspecified atom stereocenters. The molecule has 0 spiro atoms. The average Bonchev–Trinajstić information content (AvgIpc) is 0.729. The van der Waals surface area contributed by atoms with Gasteiger partial charge in [-0.15, -0.1) is 0 Å². The predicted octanol–water partition coefficient (Wildman–Crippen LogP) is 35.8. The number of aromatic nitrogens is 8. The zero-order valence-electron chi connectivity index (χ0n) is 90.3. The van der Waals surface area contributed by atoms with Crippen molar-refractivity contribution >= 4 is 80.7 Å². The van der Waals surface area contributed by atoms with E-state index in [4.69, 9.17) is 29.7 Å². The molecule has 756 valence electrons. The van der Waals surface area contributed by atoms with Crippen molar-refractivity contribution in [2.45, 2.75) is 193 Å². The monoisotopic (exact) mass is 2010 g/mol. The third-order valence-electron chi connectivity index (χ3n) is 25.4. The smallest absolute Gasteiger partial charge is 0.164 e. The summed E-state index contributed by atoms with van der Waals surface area (Å²) in [6.45, 7) is 45.8. The molecule has 0 radical (unpaired) electrons. The van der Waals surface area contributed by atoms with E-state index in [9.17, 15) is 4.57 Å². The summed E-state index contributed by atoms with van der Waals surface area (Å²) in [5.41, 5.74) is 21.3. The summed E-state index contributed by atoms with van der Waals surface area (Å²) < 4.78 is 19.6. The molecule has 14 nitrogen and oxygen atoms in total. The molecule has 150 heavy (non-hydrogen) atoms. The summed E-state index contributed by atoms with van der Waals surface area (Å²) in [7, 11) is -2.61. The van der Waals surface area contributed by atoms with Crippen molar-refractivity contribution in [2.75, 3.05) is 19.6 Å². The minimum Gasteiger partial charge on any atom is -0.453 e. The first kappa shape index (κ1) is 107. The second-order valence-electron chi connectivity index (χ2n) is 44.3. The van der Waals surface area contributed by atoms with Gasteiger partial charge in [0, 0.05) is 97.6 Å². The van der Waals surface area contributed by atoms with E-state index in [-0.39, 0.29) is 38.0 Å². The Kier molecular flexibility index (Phi) is 33.0. The number of nitrogens with zero attached hydrogens (tertiary/aromatic N) is 12. The van der Waals surface area contributed by atoms with Gasteiger partial charge in [0.2, 0.25) is 0 Å². The van der Waals surface area contributed by atoms with Crippen LogP contribution in [0.2, 0.25) is 0 Å². The lowest BCUT2D eigenvalue weighted by molar-refractivity contribution is 0.451. The van der Waals surface area contributed by atoms with Crippen molar-refractivity contribution in [3.8, 4) is 91.0 Å². The molecule has 3 aliphatic rings. The van der Waals surface area contributed by atoms with E-state index in [0.29, 0.717) is 17.5 Å². The minimum atomic E-state index is -2.61. The van der Waals surface area contributed by atoms with E-state index in [1.54, 1.807) is 0 Å². The molecule has 0 bridgehead atoms. The van der Waals surface area contributed by atoms with Crippen LogP contribution in [0.25, 0.3) is 79.5 Å². The van der Waals surface area contributed by atoms with E-state index < -0.39 is 7.14 Å². The van der Waals surface area contributed by atoms with Gasteiger partial charge in [-0.25, -0.2) is 39.9 Å². The molecule has 3 aromatic heterocycles. The minimum absolute atomic E-state index is 0.00498. The predicted molar refractivity (Wildman–Crippen MR) is 632 cm³/mol. The molecule has 0 saturated carbocycles. The lowest BCUT2D eigenvalue weighted by atomic mass is 9.86. The highest BCUT2D eigenvalue weighted by Crippen LogP contribution is 2.58. The summed E-state index contributed by atoms with van der Waals surface area (Å²) in [4.78, 5) is 50.2. The molecule has 6 heterocycles. The Morgan fingerprint density at radius 1 is 0.227 bits per heavy atom. The van der Waals surface area contributed by atoms with E-state index >= 15 is 0 Å². The SMILES string of the molecule is CC(C)(C)N1c2ccccc2N(c2ccccc2)c2ccccc21.CC(C)(C)N1c2ccccc2Oc2ccccc21.CC(C)(C)N1c2ccccc2Sc2ccccc21.CC(C)(C)P(=O)(c1ccccc1)c1ccccc1.CC(C)(C)c1cccc(-c2nc(-c3ccccc3)nc(-c3ccccc3)n2)c1.CC(C)(C)c1nc(-c2ccccc2)cc(-c2ccccc2)n1.CC(C)(C)c1nc(-c2ccccc2)nc(-c2ccccc2)n1. The van der Waals surface area contributed by atoms with Crippen molar-refractivity contribution in [1.29, 1.82) is 0 Å². The summed E-state index contributed by atoms with van der Waals surface area (Å²) in [5.74, 6) is 7.03. The highest BCUT2D eigenvalue weighted by molar-refractivity contribution is 7.99. The van der Waals surface area contributed by atoms with Gasteiger partial charge in [-0.1, -0.05) is 447 Å². The number of rotatable bonds is 10. The maximum Gasteiger partial charge on any atom is 0.164 e. The number of anilines is 9. The number of fused-ring (bicyclic) bond motifs is 6. The molecule has 0 N–H and O–H groups in total. The highest BCUT2D eigenvalue weighted by atomic mass is 32.2. The average molecular weight is 2010 g/mol. The second-order valence-corrected chi connectivity index (χ2v) is 49.0. The van der Waals surface area contributed by atoms with Crippen LogP contribution >= 0.6 is 18.9 Å². The van der Waals surface area contributed by atoms with Gasteiger partial charge in [-0.2, -0.15) is 0 Å². The Hall–Kier alpha value is -15.8. The van der Waals surface area contributed by atoms with Crippen LogP contribution in [0.5, 0.6) is 11.5 Å². The fourth-order valence-corrected chi connectivity index (χ4v) is 22.2. The van der Waals surface area contributed by atoms with Crippen LogP contribution in [-0.2, 0) is 20.8 Å². The fourth-order valence-electron chi connectivity index (χ4n) is 18.1. The molecular weight excluding hydrogens is 1870 g/mol. The van der Waals surface area contributed by atoms with Gasteiger partial charge >= 0.3 is 0 Å². The number of benzene rings is 16. The van der Waals surface area contributed by atoms with Gasteiger partial charge in [-0.05, 0) is 170 Å². The van der Waals surface area contributed by atoms with E-state index in [0.717, 1.165) is 107 Å². The third kappa shape index (κ3) is 25.8. The topological polar surface area (TPSA) is 142 Å². The molecule has 0 atom stereocenters. The Balaban J connectivity index is 0.000000125. The van der Waals surface area contributed by atoms with Crippen LogP contribution in [0.1, 0.15) is 163 Å². The number of hydrogen-bond donors (Lipinski definition) is 0. The molecule has 3 aliphatic heterocycles. The van der Waals surface area contributed by atoms with Crippen LogP contribution in [0, 0.1) is 0 Å². The maximum atomic E-state index is 13.6. The van der Waals surface area contributed by atoms with Crippen LogP contribution < -0.4 is 34.9 Å². The Morgan fingerprint density at radius 2 is 0.487 bits per heavy atom. The molecule has 0 fully saturated rings. The molecule has 0 aliphatic carbocycles. The first-order valence-electron chi connectivity index (χ1n) is 51.5. The van der Waals surface area contributed by atoms with Crippen molar-refractivity contribution in [3.05, 3.63) is 466 Å². The Labute approximate surface area is 893 Å². The summed E-state index contributed by atoms with van der Waals surface area (Å²) in [6, 6.07) is 152. The van der Waals surface area contributed by atoms with Crippen molar-refractivity contribution in [1.82, 2.24) is 39.9 Å². The van der Waals surface area contributed by atoms with Gasteiger partial charge in [0.25, 0.3) is 0 Å². The molecule has 19 aromatic rings. The van der Waals surface area contributed by atoms with Crippen LogP contribution in [0.4, 0.5) is 51.2 Å². The summed E-state index contributed by atoms with van der Waals surface area (Å²) in [6.07, 6.45) is 0. The first-order valence-corrected chi connectivity index (χ1v) is 54.0. The number of hydrogen-bond acceptors (Lipinski definition) is 15. The zero-order chi connectivity index (χ0) is 106. The van der Waals surface area contributed by atoms with Crippen molar-refractivity contribution < 1.29 is 9.30 Å². The lowest BCUT2D eigenvalue weighted by Gasteiger charge is -2.46. The van der Waals surface area contributed by atoms with Crippen molar-refractivity contribution in [2.24, 2.45) is 0 Å². The van der Waals surface area contributed by atoms with Gasteiger partial charge in [0.1, 0.15) is 18.8 Å². The molecule has 0 saturated heterocycles. The summed E-state index contributed by atoms with van der Waals surface area (Å²) >= 11 is 1.86. The van der Waals surface area contributed by atoms with Crippen molar-refractivity contribution in [3.63, 3.8) is 0 Å². The van der Waals surface area contributed by atoms with Gasteiger partial charge in [-0.3, -0.25) is 0 Å². The standard InChI is InChI=1S/C25H23N3.C22H22N2.C20H20N2.C19H19N3.C16H17NO.C16H17NS.C16H19OP/c1-25(2,3)21-16-10-15-20(17-21)24-27-22(18-11-6-4-7-12-18)26-23(28-24)19-13-8-5-9-14-19;1-22(2,3)24-20-15-9-7-13-18(20)23(17-11-5-4-6-12-17)19-14-8-10-16-21(19)24;1-20(2,3)19-21-17(15-10-6-4-7-11-15)14-18(22-19)16-12-8-5-9-13-16;1-19(2,3)18-21-16(14-10-6-4-7-11-14)20-17(22-18)15-12-8-5-9-13-15;2*1-16(2,3)17-12-8-4-6-10-14(12)18-15-11-7-5-9-13(15)17;1-16(2,3)18(17,14-10-6-4-7-11-14)15-12-8-5-9-13-15/h4-17H,1-3H3;4-16H,1-3H3;4-14H,1-3H3;4-13H,1-3H3;2*4-11H,1-3H3;4-13H,1-3H3. The van der Waals surface area contributed by atoms with E-state index in [1.165, 1.54) is 55.2 Å². The zero-order valence-corrected chi connectivity index (χ0v) is 92.0. The normalized spacial score (nSPS) is 12.4. The molecule has 0 amide bonds. The fraction of sp³-hybridized carbons (Fsp3) is 0.209. The Bertz CT molecular complexity index is 7160. The lowest BCUT2D eigenvalue weighted by Crippen LogP contribution is -2.40. The molecular formula is C134H137N12O2PS. The van der Waals surface area contributed by atoms with Gasteiger partial charge in [0.05, 0.1) is 56.9 Å². The van der Waals surface area contributed by atoms with Crippen LogP contribution in [-0.4, -0.2) is 61.6 Å². The van der Waals surface area contributed by atoms with Gasteiger partial charge in [0.15, 0.2) is 40.6 Å². The summed E-state index contributed by atoms with van der Waals surface area (Å²) in [5, 5.41) is 1.59. The molecule has 16 heteroatoms. The quantitative estimate of drug-likeness (QED) is 0.120.